The molecule has 0 saturated carbocycles. The fourth-order valence-electron chi connectivity index (χ4n) is 0. The van der Waals surface area contributed by atoms with Gasteiger partial charge in [-0.3, -0.25) is 0 Å². The molecule has 0 N–H and O–H groups in total. The van der Waals surface area contributed by atoms with Crippen molar-refractivity contribution in [3.05, 3.63) is 0 Å². The summed E-state index contributed by atoms with van der Waals surface area (Å²) in [4.78, 5) is 0. The first-order valence-corrected chi connectivity index (χ1v) is 0.873. The third-order valence-corrected chi connectivity index (χ3v) is 0. The Morgan fingerprint density at radius 1 is 0.833 bits per heavy atom. The van der Waals surface area contributed by atoms with Gasteiger partial charge in [0, 0.05) is 0 Å². The van der Waals surface area contributed by atoms with Gasteiger partial charge in [0.2, 0.25) is 0 Å². The third-order valence-electron chi connectivity index (χ3n) is 0. The molecular weight excluding hydrogens is 172 g/mol. The van der Waals surface area contributed by atoms with Gasteiger partial charge in [0.25, 0.3) is 0 Å². The van der Waals surface area contributed by atoms with E-state index in [0.717, 1.165) is 0 Å². The Balaban J connectivity index is 0. The summed E-state index contributed by atoms with van der Waals surface area (Å²) in [6, 6.07) is 0. The first-order chi connectivity index (χ1) is 2.00. The second-order valence-corrected chi connectivity index (χ2v) is 0.495. The molecule has 0 atom stereocenters. The molecular formula is BF4Rb. The molecule has 0 saturated heterocycles. The Morgan fingerprint density at radius 3 is 0.833 bits per heavy atom. The van der Waals surface area contributed by atoms with Crippen LogP contribution in [0.15, 0.2) is 0 Å². The predicted octanol–water partition coefficient (Wildman–Crippen LogP) is -1.70. The molecule has 0 aromatic carbocycles. The Morgan fingerprint density at radius 2 is 0.833 bits per heavy atom. The minimum atomic E-state index is -6.00. The van der Waals surface area contributed by atoms with Crippen molar-refractivity contribution in [1.29, 1.82) is 0 Å². The van der Waals surface area contributed by atoms with E-state index in [2.05, 4.69) is 0 Å². The van der Waals surface area contributed by atoms with Crippen LogP contribution in [0.3, 0.4) is 0 Å². The minimum Gasteiger partial charge on any atom is -0.418 e. The molecule has 0 spiro atoms. The van der Waals surface area contributed by atoms with Crippen LogP contribution in [0.4, 0.5) is 17.3 Å². The van der Waals surface area contributed by atoms with Crippen molar-refractivity contribution in [3.8, 4) is 0 Å². The molecule has 0 aromatic heterocycles. The van der Waals surface area contributed by atoms with Crippen molar-refractivity contribution in [3.63, 3.8) is 0 Å². The second kappa shape index (κ2) is 3.57. The summed E-state index contributed by atoms with van der Waals surface area (Å²) >= 11 is 0. The normalized spacial score (nSPS) is 10.0. The molecule has 32 valence electrons. The Hall–Kier alpha value is 1.59. The van der Waals surface area contributed by atoms with Crippen molar-refractivity contribution in [2.75, 3.05) is 0 Å². The van der Waals surface area contributed by atoms with Crippen molar-refractivity contribution >= 4 is 7.25 Å². The van der Waals surface area contributed by atoms with Gasteiger partial charge in [-0.1, -0.05) is 0 Å². The fourth-order valence-corrected chi connectivity index (χ4v) is 0. The molecule has 0 nitrogen and oxygen atoms in total. The summed E-state index contributed by atoms with van der Waals surface area (Å²) in [7, 11) is -6.00. The maximum Gasteiger partial charge on any atom is 1.00 e. The van der Waals surface area contributed by atoms with Crippen LogP contribution in [0.25, 0.3) is 0 Å². The third kappa shape index (κ3) is 46.6. The molecule has 0 aliphatic rings. The maximum absolute atomic E-state index is 9.75. The van der Waals surface area contributed by atoms with Crippen LogP contribution in [0.5, 0.6) is 0 Å². The summed E-state index contributed by atoms with van der Waals surface area (Å²) in [5, 5.41) is 0. The zero-order valence-electron chi connectivity index (χ0n) is 3.09. The number of hydrogen-bond donors (Lipinski definition) is 0. The van der Waals surface area contributed by atoms with E-state index in [1.165, 1.54) is 0 Å². The molecule has 0 fully saturated rings. The predicted molar refractivity (Wildman–Crippen MR) is 10.2 cm³/mol. The van der Waals surface area contributed by atoms with Crippen LogP contribution < -0.4 is 58.2 Å². The molecule has 0 aliphatic carbocycles. The average molecular weight is 172 g/mol. The largest absolute Gasteiger partial charge is 1.00 e. The molecule has 0 heterocycles. The molecule has 0 bridgehead atoms. The van der Waals surface area contributed by atoms with Gasteiger partial charge in [-0.25, -0.2) is 0 Å². The van der Waals surface area contributed by atoms with Crippen LogP contribution >= 0.6 is 0 Å². The SMILES string of the molecule is F[B-](F)(F)F.[Rb+]. The van der Waals surface area contributed by atoms with Gasteiger partial charge in [-0.05, 0) is 0 Å². The second-order valence-electron chi connectivity index (χ2n) is 0.495. The van der Waals surface area contributed by atoms with E-state index in [1.807, 2.05) is 0 Å². The Labute approximate surface area is 81.2 Å². The van der Waals surface area contributed by atoms with Crippen LogP contribution in [0, 0.1) is 0 Å². The van der Waals surface area contributed by atoms with E-state index in [9.17, 15) is 17.3 Å². The van der Waals surface area contributed by atoms with Gasteiger partial charge < -0.3 is 17.3 Å². The van der Waals surface area contributed by atoms with Gasteiger partial charge in [-0.15, -0.1) is 0 Å². The molecule has 6 heteroatoms. The smallest absolute Gasteiger partial charge is 0.418 e. The first-order valence-electron chi connectivity index (χ1n) is 0.873. The fraction of sp³-hybridized carbons (Fsp3) is 0. The molecule has 0 aliphatic heterocycles. The standard InChI is InChI=1S/BF4.Rb/c2-1(3,4)5;/q-1;+1. The van der Waals surface area contributed by atoms with E-state index < -0.39 is 7.25 Å². The van der Waals surface area contributed by atoms with Crippen LogP contribution in [0.2, 0.25) is 0 Å². The maximum atomic E-state index is 9.75. The van der Waals surface area contributed by atoms with E-state index in [1.54, 1.807) is 0 Å². The van der Waals surface area contributed by atoms with E-state index in [0.29, 0.717) is 0 Å². The first kappa shape index (κ1) is 10.5. The van der Waals surface area contributed by atoms with Crippen molar-refractivity contribution in [1.82, 2.24) is 0 Å². The van der Waals surface area contributed by atoms with Crippen molar-refractivity contribution < 1.29 is 75.5 Å². The number of rotatable bonds is 0. The monoisotopic (exact) mass is 172 g/mol. The van der Waals surface area contributed by atoms with Crippen LogP contribution in [-0.2, 0) is 0 Å². The van der Waals surface area contributed by atoms with Crippen LogP contribution in [0.1, 0.15) is 0 Å². The molecule has 6 heavy (non-hydrogen) atoms. The zero-order chi connectivity index (χ0) is 4.50. The summed E-state index contributed by atoms with van der Waals surface area (Å²) in [5.74, 6) is 0. The van der Waals surface area contributed by atoms with E-state index in [4.69, 9.17) is 0 Å². The molecule has 0 rings (SSSR count). The molecule has 0 radical (unpaired) electrons. The van der Waals surface area contributed by atoms with Crippen LogP contribution in [-0.4, -0.2) is 7.25 Å². The van der Waals surface area contributed by atoms with Gasteiger partial charge in [0.05, 0.1) is 0 Å². The van der Waals surface area contributed by atoms with Crippen molar-refractivity contribution in [2.24, 2.45) is 0 Å². The number of halogens is 4. The summed E-state index contributed by atoms with van der Waals surface area (Å²) in [6.07, 6.45) is 0. The zero-order valence-corrected chi connectivity index (χ0v) is 8.01. The van der Waals surface area contributed by atoms with E-state index in [-0.39, 0.29) is 58.2 Å². The Bertz CT molecular complexity index is 23.0. The van der Waals surface area contributed by atoms with Gasteiger partial charge in [0.1, 0.15) is 0 Å². The van der Waals surface area contributed by atoms with Gasteiger partial charge in [0.15, 0.2) is 0 Å². The average Bonchev–Trinajstić information content (AvgIpc) is 0.722. The number of hydrogen-bond acceptors (Lipinski definition) is 0. The molecule has 0 aromatic rings. The summed E-state index contributed by atoms with van der Waals surface area (Å²) in [6.45, 7) is 0. The summed E-state index contributed by atoms with van der Waals surface area (Å²) < 4.78 is 39.0. The quantitative estimate of drug-likeness (QED) is 0.302. The van der Waals surface area contributed by atoms with E-state index >= 15 is 0 Å². The molecule has 0 amide bonds. The Kier molecular flexibility index (Phi) is 6.28. The van der Waals surface area contributed by atoms with Gasteiger partial charge in [-0.2, -0.15) is 0 Å². The van der Waals surface area contributed by atoms with Gasteiger partial charge >= 0.3 is 65.4 Å². The summed E-state index contributed by atoms with van der Waals surface area (Å²) in [5.41, 5.74) is 0. The topological polar surface area (TPSA) is 0 Å². The van der Waals surface area contributed by atoms with Crippen molar-refractivity contribution in [2.45, 2.75) is 0 Å². The molecule has 0 unspecified atom stereocenters. The minimum absolute atomic E-state index is 0.